The number of nitrogens with one attached hydrogen (secondary N) is 1. The first-order chi connectivity index (χ1) is 10.8. The van der Waals surface area contributed by atoms with E-state index in [1.165, 1.54) is 0 Å². The summed E-state index contributed by atoms with van der Waals surface area (Å²) >= 11 is 0. The molecule has 114 valence electrons. The minimum atomic E-state index is -0.457. The summed E-state index contributed by atoms with van der Waals surface area (Å²) in [6, 6.07) is 0.281. The monoisotopic (exact) mass is 298 g/mol. The lowest BCUT2D eigenvalue weighted by Gasteiger charge is -2.26. The van der Waals surface area contributed by atoms with Gasteiger partial charge < -0.3 is 11.1 Å². The van der Waals surface area contributed by atoms with E-state index in [-0.39, 0.29) is 6.04 Å². The molecule has 0 spiro atoms. The molecule has 0 radical (unpaired) electrons. The minimum Gasteiger partial charge on any atom is -0.364 e. The molecule has 0 bridgehead atoms. The van der Waals surface area contributed by atoms with Gasteiger partial charge in [0.2, 0.25) is 0 Å². The number of hydrogen-bond acceptors (Lipinski definition) is 5. The van der Waals surface area contributed by atoms with Gasteiger partial charge in [0.15, 0.2) is 5.69 Å². The highest BCUT2D eigenvalue weighted by atomic mass is 16.1. The van der Waals surface area contributed by atoms with Gasteiger partial charge in [0.1, 0.15) is 6.33 Å². The Kier molecular flexibility index (Phi) is 3.15. The van der Waals surface area contributed by atoms with Crippen molar-refractivity contribution >= 4 is 5.91 Å². The van der Waals surface area contributed by atoms with Crippen LogP contribution in [-0.2, 0) is 12.8 Å². The molecule has 1 saturated heterocycles. The van der Waals surface area contributed by atoms with E-state index in [1.807, 2.05) is 10.9 Å². The molecule has 3 heterocycles. The molecule has 22 heavy (non-hydrogen) atoms. The first kappa shape index (κ1) is 13.4. The molecule has 0 atom stereocenters. The Morgan fingerprint density at radius 1 is 1.32 bits per heavy atom. The lowest BCUT2D eigenvalue weighted by Crippen LogP contribution is -2.30. The van der Waals surface area contributed by atoms with Crippen LogP contribution in [0.15, 0.2) is 12.5 Å². The molecule has 2 aliphatic rings. The summed E-state index contributed by atoms with van der Waals surface area (Å²) in [6.45, 7) is 1.92. The van der Waals surface area contributed by atoms with Crippen molar-refractivity contribution in [3.63, 3.8) is 0 Å². The van der Waals surface area contributed by atoms with Crippen LogP contribution in [0, 0.1) is 0 Å². The summed E-state index contributed by atoms with van der Waals surface area (Å²) in [4.78, 5) is 20.3. The molecule has 0 unspecified atom stereocenters. The summed E-state index contributed by atoms with van der Waals surface area (Å²) < 4.78 is 1.99. The smallest absolute Gasteiger partial charge is 0.269 e. The second-order valence-electron chi connectivity index (χ2n) is 5.86. The Bertz CT molecular complexity index is 732. The standard InChI is InChI=1S/C15H18N6O/c16-15(22)13-11-2-1-9-7-18-8-19-12(9)14(11)21(20-13)10-3-5-17-6-4-10/h7-8,10,17H,1-6H2,(H2,16,22). The molecule has 1 fully saturated rings. The fraction of sp³-hybridized carbons (Fsp3) is 0.467. The zero-order valence-corrected chi connectivity index (χ0v) is 12.2. The predicted octanol–water partition coefficient (Wildman–Crippen LogP) is 0.462. The van der Waals surface area contributed by atoms with E-state index in [2.05, 4.69) is 20.4 Å². The Labute approximate surface area is 127 Å². The number of primary amides is 1. The summed E-state index contributed by atoms with van der Waals surface area (Å²) in [5, 5.41) is 7.92. The third-order valence-electron chi connectivity index (χ3n) is 4.55. The minimum absolute atomic E-state index is 0.281. The van der Waals surface area contributed by atoms with E-state index in [0.717, 1.165) is 61.3 Å². The van der Waals surface area contributed by atoms with Crippen LogP contribution >= 0.6 is 0 Å². The summed E-state index contributed by atoms with van der Waals surface area (Å²) in [5.41, 5.74) is 9.86. The third-order valence-corrected chi connectivity index (χ3v) is 4.55. The number of nitrogens with two attached hydrogens (primary N) is 1. The number of aromatic nitrogens is 4. The lowest BCUT2D eigenvalue weighted by molar-refractivity contribution is 0.0993. The first-order valence-corrected chi connectivity index (χ1v) is 7.67. The van der Waals surface area contributed by atoms with Crippen molar-refractivity contribution in [3.8, 4) is 11.4 Å². The van der Waals surface area contributed by atoms with Gasteiger partial charge in [0.05, 0.1) is 17.4 Å². The number of amides is 1. The van der Waals surface area contributed by atoms with E-state index in [4.69, 9.17) is 5.73 Å². The number of nitrogens with zero attached hydrogens (tertiary/aromatic N) is 4. The first-order valence-electron chi connectivity index (χ1n) is 7.67. The van der Waals surface area contributed by atoms with Gasteiger partial charge in [-0.2, -0.15) is 5.10 Å². The van der Waals surface area contributed by atoms with Crippen LogP contribution in [0.25, 0.3) is 11.4 Å². The fourth-order valence-corrected chi connectivity index (χ4v) is 3.48. The summed E-state index contributed by atoms with van der Waals surface area (Å²) in [7, 11) is 0. The second kappa shape index (κ2) is 5.17. The Morgan fingerprint density at radius 2 is 2.14 bits per heavy atom. The van der Waals surface area contributed by atoms with Crippen LogP contribution in [0.5, 0.6) is 0 Å². The molecule has 7 nitrogen and oxygen atoms in total. The number of hydrogen-bond donors (Lipinski definition) is 2. The van der Waals surface area contributed by atoms with Gasteiger partial charge in [-0.1, -0.05) is 0 Å². The van der Waals surface area contributed by atoms with E-state index < -0.39 is 5.91 Å². The molecule has 2 aromatic heterocycles. The van der Waals surface area contributed by atoms with Gasteiger partial charge in [-0.25, -0.2) is 9.97 Å². The number of carbonyl (C=O) groups is 1. The molecule has 2 aromatic rings. The number of rotatable bonds is 2. The average molecular weight is 298 g/mol. The SMILES string of the molecule is NC(=O)c1nn(C2CCNCC2)c2c1CCc1cncnc1-2. The van der Waals surface area contributed by atoms with Crippen molar-refractivity contribution in [2.24, 2.45) is 5.73 Å². The van der Waals surface area contributed by atoms with Crippen LogP contribution in [0.4, 0.5) is 0 Å². The molecule has 3 N–H and O–H groups in total. The van der Waals surface area contributed by atoms with Crippen LogP contribution in [0.2, 0.25) is 0 Å². The molecule has 1 aliphatic heterocycles. The highest BCUT2D eigenvalue weighted by Gasteiger charge is 2.31. The molecule has 0 saturated carbocycles. The quantitative estimate of drug-likeness (QED) is 0.839. The molecular formula is C15H18N6O. The van der Waals surface area contributed by atoms with Gasteiger partial charge >= 0.3 is 0 Å². The van der Waals surface area contributed by atoms with Crippen molar-refractivity contribution in [1.82, 2.24) is 25.1 Å². The van der Waals surface area contributed by atoms with E-state index in [9.17, 15) is 4.79 Å². The fourth-order valence-electron chi connectivity index (χ4n) is 3.48. The largest absolute Gasteiger partial charge is 0.364 e. The van der Waals surface area contributed by atoms with E-state index >= 15 is 0 Å². The maximum Gasteiger partial charge on any atom is 0.269 e. The zero-order valence-electron chi connectivity index (χ0n) is 12.2. The van der Waals surface area contributed by atoms with Gasteiger partial charge in [-0.05, 0) is 44.3 Å². The maximum absolute atomic E-state index is 11.8. The molecule has 4 rings (SSSR count). The van der Waals surface area contributed by atoms with Crippen molar-refractivity contribution in [3.05, 3.63) is 29.3 Å². The number of aryl methyl sites for hydroxylation is 1. The second-order valence-corrected chi connectivity index (χ2v) is 5.86. The highest BCUT2D eigenvalue weighted by Crippen LogP contribution is 2.36. The van der Waals surface area contributed by atoms with Crippen LogP contribution in [-0.4, -0.2) is 38.7 Å². The van der Waals surface area contributed by atoms with Crippen LogP contribution in [0.3, 0.4) is 0 Å². The Hall–Kier alpha value is -2.28. The van der Waals surface area contributed by atoms with Crippen molar-refractivity contribution in [1.29, 1.82) is 0 Å². The van der Waals surface area contributed by atoms with E-state index in [1.54, 1.807) is 6.33 Å². The predicted molar refractivity (Wildman–Crippen MR) is 80.3 cm³/mol. The zero-order chi connectivity index (χ0) is 15.1. The molecule has 0 aromatic carbocycles. The van der Waals surface area contributed by atoms with E-state index in [0.29, 0.717) is 5.69 Å². The van der Waals surface area contributed by atoms with Gasteiger partial charge in [0, 0.05) is 11.8 Å². The topological polar surface area (TPSA) is 98.7 Å². The van der Waals surface area contributed by atoms with Gasteiger partial charge in [-0.15, -0.1) is 0 Å². The normalized spacial score (nSPS) is 17.8. The summed E-state index contributed by atoms with van der Waals surface area (Å²) in [5.74, 6) is -0.457. The van der Waals surface area contributed by atoms with Crippen molar-refractivity contribution < 1.29 is 4.79 Å². The van der Waals surface area contributed by atoms with Crippen LogP contribution < -0.4 is 11.1 Å². The van der Waals surface area contributed by atoms with Gasteiger partial charge in [-0.3, -0.25) is 9.48 Å². The Balaban J connectivity index is 1.91. The maximum atomic E-state index is 11.8. The molecule has 7 heteroatoms. The van der Waals surface area contributed by atoms with Crippen molar-refractivity contribution in [2.75, 3.05) is 13.1 Å². The average Bonchev–Trinajstić information content (AvgIpc) is 2.96. The number of fused-ring (bicyclic) bond motifs is 3. The highest BCUT2D eigenvalue weighted by molar-refractivity contribution is 5.94. The number of piperidine rings is 1. The summed E-state index contributed by atoms with van der Waals surface area (Å²) in [6.07, 6.45) is 6.98. The Morgan fingerprint density at radius 3 is 2.91 bits per heavy atom. The van der Waals surface area contributed by atoms with Crippen molar-refractivity contribution in [2.45, 2.75) is 31.7 Å². The van der Waals surface area contributed by atoms with Gasteiger partial charge in [0.25, 0.3) is 5.91 Å². The lowest BCUT2D eigenvalue weighted by atomic mass is 9.92. The molecular weight excluding hydrogens is 280 g/mol. The molecule has 1 aliphatic carbocycles. The van der Waals surface area contributed by atoms with Crippen LogP contribution in [0.1, 0.15) is 40.5 Å². The third kappa shape index (κ3) is 2.00. The molecule has 1 amide bonds. The number of carbonyl (C=O) groups excluding carboxylic acids is 1.